The van der Waals surface area contributed by atoms with Crippen LogP contribution in [0.15, 0.2) is 28.8 Å². The number of hydrogen-bond acceptors (Lipinski definition) is 8. The van der Waals surface area contributed by atoms with Crippen LogP contribution in [-0.4, -0.2) is 71.7 Å². The summed E-state index contributed by atoms with van der Waals surface area (Å²) >= 11 is 6.18. The quantitative estimate of drug-likeness (QED) is 0.519. The van der Waals surface area contributed by atoms with Gasteiger partial charge in [-0.3, -0.25) is 9.69 Å². The number of piperazine rings is 1. The molecule has 0 radical (unpaired) electrons. The van der Waals surface area contributed by atoms with Crippen molar-refractivity contribution in [2.75, 3.05) is 19.6 Å². The largest absolute Gasteiger partial charge is 0.338 e. The third-order valence-electron chi connectivity index (χ3n) is 5.30. The highest BCUT2D eigenvalue weighted by Crippen LogP contribution is 2.19. The fraction of sp³-hybridized carbons (Fsp3) is 0.429. The number of aromatic nitrogens is 6. The number of rotatable bonds is 6. The van der Waals surface area contributed by atoms with Crippen LogP contribution in [0.3, 0.4) is 0 Å². The minimum atomic E-state index is -0.0265. The van der Waals surface area contributed by atoms with Crippen molar-refractivity contribution in [1.29, 1.82) is 0 Å². The maximum absolute atomic E-state index is 12.9. The zero-order chi connectivity index (χ0) is 22.7. The normalized spacial score (nSPS) is 17.4. The van der Waals surface area contributed by atoms with Crippen molar-refractivity contribution < 1.29 is 9.32 Å². The number of aryl methyl sites for hydroxylation is 2. The fourth-order valence-corrected chi connectivity index (χ4v) is 3.97. The molecule has 2 aromatic heterocycles. The van der Waals surface area contributed by atoms with Crippen molar-refractivity contribution in [3.05, 3.63) is 58.0 Å². The summed E-state index contributed by atoms with van der Waals surface area (Å²) in [4.78, 5) is 22.8. The van der Waals surface area contributed by atoms with E-state index in [2.05, 4.69) is 30.5 Å². The van der Waals surface area contributed by atoms with Crippen molar-refractivity contribution >= 4 is 23.6 Å². The van der Waals surface area contributed by atoms with Gasteiger partial charge in [0.05, 0.1) is 13.1 Å². The Morgan fingerprint density at radius 1 is 1.25 bits per heavy atom. The van der Waals surface area contributed by atoms with Gasteiger partial charge in [-0.15, -0.1) is 10.2 Å². The van der Waals surface area contributed by atoms with Gasteiger partial charge in [0.2, 0.25) is 11.8 Å². The van der Waals surface area contributed by atoms with Gasteiger partial charge >= 0.3 is 0 Å². The van der Waals surface area contributed by atoms with Gasteiger partial charge in [0.1, 0.15) is 0 Å². The van der Waals surface area contributed by atoms with Gasteiger partial charge in [-0.1, -0.05) is 22.8 Å². The molecule has 1 aromatic carbocycles. The Hall–Kier alpha value is -3.11. The molecule has 1 saturated heterocycles. The fourth-order valence-electron chi connectivity index (χ4n) is 3.77. The van der Waals surface area contributed by atoms with Crippen molar-refractivity contribution in [3.63, 3.8) is 0 Å². The van der Waals surface area contributed by atoms with E-state index in [1.54, 1.807) is 26.0 Å². The van der Waals surface area contributed by atoms with E-state index >= 15 is 0 Å². The maximum atomic E-state index is 12.9. The monoisotopic (exact) mass is 456 g/mol. The van der Waals surface area contributed by atoms with Crippen molar-refractivity contribution in [2.45, 2.75) is 39.9 Å². The molecule has 0 N–H and O–H groups in total. The third-order valence-corrected chi connectivity index (χ3v) is 5.53. The van der Waals surface area contributed by atoms with E-state index in [0.717, 1.165) is 24.2 Å². The summed E-state index contributed by atoms with van der Waals surface area (Å²) in [7, 11) is 0. The first-order valence-corrected chi connectivity index (χ1v) is 10.8. The molecule has 0 bridgehead atoms. The first-order chi connectivity index (χ1) is 15.4. The first kappa shape index (κ1) is 22.1. The number of hydrogen-bond donors (Lipinski definition) is 0. The molecule has 32 heavy (non-hydrogen) atoms. The highest BCUT2D eigenvalue weighted by Gasteiger charge is 2.27. The average molecular weight is 457 g/mol. The van der Waals surface area contributed by atoms with Gasteiger partial charge in [-0.2, -0.15) is 9.78 Å². The second kappa shape index (κ2) is 9.58. The van der Waals surface area contributed by atoms with E-state index < -0.39 is 0 Å². The molecule has 3 aromatic rings. The minimum absolute atomic E-state index is 0.0265. The zero-order valence-corrected chi connectivity index (χ0v) is 19.0. The summed E-state index contributed by atoms with van der Waals surface area (Å²) in [6.45, 7) is 8.75. The standard InChI is InChI=1S/C21H25ClN8O2/c1-14-11-28(13-20-23-15(2)26-32-20)8-9-29(14)21(31)7-5-17-4-6-19(22)10-18(17)12-30-25-16(3)24-27-30/h4-7,10,14H,8-9,11-13H2,1-3H3/b7-5+. The Morgan fingerprint density at radius 3 is 2.78 bits per heavy atom. The topological polar surface area (TPSA) is 106 Å². The molecule has 3 heterocycles. The molecule has 11 heteroatoms. The molecule has 1 fully saturated rings. The summed E-state index contributed by atoms with van der Waals surface area (Å²) in [6, 6.07) is 5.61. The van der Waals surface area contributed by atoms with Gasteiger partial charge < -0.3 is 9.42 Å². The molecule has 0 saturated carbocycles. The summed E-state index contributed by atoms with van der Waals surface area (Å²) in [5, 5.41) is 16.6. The van der Waals surface area contributed by atoms with E-state index in [1.807, 2.05) is 30.0 Å². The summed E-state index contributed by atoms with van der Waals surface area (Å²) in [5.41, 5.74) is 1.79. The molecule has 168 valence electrons. The second-order valence-corrected chi connectivity index (χ2v) is 8.33. The van der Waals surface area contributed by atoms with E-state index in [-0.39, 0.29) is 11.9 Å². The number of halogens is 1. The molecule has 10 nitrogen and oxygen atoms in total. The predicted molar refractivity (Wildman–Crippen MR) is 118 cm³/mol. The van der Waals surface area contributed by atoms with Crippen molar-refractivity contribution in [2.24, 2.45) is 0 Å². The van der Waals surface area contributed by atoms with E-state index in [1.165, 1.54) is 4.80 Å². The Morgan fingerprint density at radius 2 is 2.09 bits per heavy atom. The molecule has 1 aliphatic rings. The van der Waals surface area contributed by atoms with Crippen LogP contribution >= 0.6 is 11.6 Å². The summed E-state index contributed by atoms with van der Waals surface area (Å²) < 4.78 is 5.21. The number of carbonyl (C=O) groups excluding carboxylic acids is 1. The van der Waals surface area contributed by atoms with Gasteiger partial charge in [0.15, 0.2) is 11.6 Å². The minimum Gasteiger partial charge on any atom is -0.338 e. The Balaban J connectivity index is 1.40. The van der Waals surface area contributed by atoms with Crippen LogP contribution in [0.2, 0.25) is 5.02 Å². The van der Waals surface area contributed by atoms with Crippen LogP contribution in [0.4, 0.5) is 0 Å². The van der Waals surface area contributed by atoms with Gasteiger partial charge in [-0.25, -0.2) is 0 Å². The average Bonchev–Trinajstić information content (AvgIpc) is 3.34. The van der Waals surface area contributed by atoms with E-state index in [4.69, 9.17) is 16.1 Å². The number of amides is 1. The SMILES string of the molecule is Cc1noc(CN2CCN(C(=O)/C=C/c3ccc(Cl)cc3Cn3nnc(C)n3)C(C)C2)n1. The van der Waals surface area contributed by atoms with Crippen molar-refractivity contribution in [1.82, 2.24) is 40.1 Å². The Labute approximate surface area is 190 Å². The number of tetrazole rings is 1. The molecule has 0 aliphatic carbocycles. The zero-order valence-electron chi connectivity index (χ0n) is 18.3. The smallest absolute Gasteiger partial charge is 0.246 e. The lowest BCUT2D eigenvalue weighted by Gasteiger charge is -2.38. The highest BCUT2D eigenvalue weighted by molar-refractivity contribution is 6.30. The number of carbonyl (C=O) groups is 1. The second-order valence-electron chi connectivity index (χ2n) is 7.89. The maximum Gasteiger partial charge on any atom is 0.246 e. The van der Waals surface area contributed by atoms with Crippen LogP contribution in [0.5, 0.6) is 0 Å². The van der Waals surface area contributed by atoms with Gasteiger partial charge in [0, 0.05) is 36.8 Å². The lowest BCUT2D eigenvalue weighted by molar-refractivity contribution is -0.130. The van der Waals surface area contributed by atoms with Crippen LogP contribution in [0, 0.1) is 13.8 Å². The summed E-state index contributed by atoms with van der Waals surface area (Å²) in [6.07, 6.45) is 3.43. The molecule has 1 atom stereocenters. The molecule has 1 amide bonds. The molecular formula is C21H25ClN8O2. The number of nitrogens with zero attached hydrogens (tertiary/aromatic N) is 8. The van der Waals surface area contributed by atoms with Gasteiger partial charge in [0.25, 0.3) is 0 Å². The van der Waals surface area contributed by atoms with E-state index in [0.29, 0.717) is 42.2 Å². The number of benzene rings is 1. The molecule has 1 unspecified atom stereocenters. The molecule has 1 aliphatic heterocycles. The first-order valence-electron chi connectivity index (χ1n) is 10.4. The van der Waals surface area contributed by atoms with Crippen LogP contribution in [0.25, 0.3) is 6.08 Å². The molecular weight excluding hydrogens is 432 g/mol. The Kier molecular flexibility index (Phi) is 6.61. The lowest BCUT2D eigenvalue weighted by Crippen LogP contribution is -2.53. The highest BCUT2D eigenvalue weighted by atomic mass is 35.5. The molecule has 0 spiro atoms. The van der Waals surface area contributed by atoms with Crippen LogP contribution in [0.1, 0.15) is 35.6 Å². The third kappa shape index (κ3) is 5.38. The molecule has 4 rings (SSSR count). The lowest BCUT2D eigenvalue weighted by atomic mass is 10.1. The van der Waals surface area contributed by atoms with Crippen molar-refractivity contribution in [3.8, 4) is 0 Å². The predicted octanol–water partition coefficient (Wildman–Crippen LogP) is 2.12. The van der Waals surface area contributed by atoms with E-state index in [9.17, 15) is 4.79 Å². The Bertz CT molecular complexity index is 1120. The summed E-state index contributed by atoms with van der Waals surface area (Å²) in [5.74, 6) is 1.80. The van der Waals surface area contributed by atoms with Crippen LogP contribution in [-0.2, 0) is 17.9 Å². The van der Waals surface area contributed by atoms with Crippen LogP contribution < -0.4 is 0 Å². The van der Waals surface area contributed by atoms with Gasteiger partial charge in [-0.05, 0) is 55.3 Å².